The van der Waals surface area contributed by atoms with Crippen molar-refractivity contribution in [1.82, 2.24) is 10.0 Å². The lowest BCUT2D eigenvalue weighted by Crippen LogP contribution is -2.30. The molecule has 0 heterocycles. The summed E-state index contributed by atoms with van der Waals surface area (Å²) in [5.41, 5.74) is 5.24. The van der Waals surface area contributed by atoms with Crippen LogP contribution in [0.1, 0.15) is 32.1 Å². The summed E-state index contributed by atoms with van der Waals surface area (Å²) in [6.07, 6.45) is 3.49. The molecule has 1 rings (SSSR count). The van der Waals surface area contributed by atoms with Gasteiger partial charge in [0.2, 0.25) is 15.9 Å². The highest BCUT2D eigenvalue weighted by Crippen LogP contribution is 2.18. The zero-order valence-corrected chi connectivity index (χ0v) is 10.8. The molecule has 17 heavy (non-hydrogen) atoms. The fourth-order valence-electron chi connectivity index (χ4n) is 1.35. The van der Waals surface area contributed by atoms with Crippen molar-refractivity contribution in [3.05, 3.63) is 0 Å². The Balaban J connectivity index is 2.03. The van der Waals surface area contributed by atoms with E-state index in [9.17, 15) is 13.2 Å². The highest BCUT2D eigenvalue weighted by molar-refractivity contribution is 7.89. The summed E-state index contributed by atoms with van der Waals surface area (Å²) < 4.78 is 25.2. The molecule has 7 heteroatoms. The zero-order valence-electron chi connectivity index (χ0n) is 9.94. The summed E-state index contributed by atoms with van der Waals surface area (Å²) in [7, 11) is -3.21. The maximum atomic E-state index is 11.4. The van der Waals surface area contributed by atoms with Crippen LogP contribution in [0.15, 0.2) is 0 Å². The Morgan fingerprint density at radius 1 is 1.29 bits per heavy atom. The second kappa shape index (κ2) is 6.93. The molecule has 0 aromatic rings. The third-order valence-electron chi connectivity index (χ3n) is 2.46. The van der Waals surface area contributed by atoms with Gasteiger partial charge in [-0.25, -0.2) is 13.1 Å². The van der Waals surface area contributed by atoms with E-state index in [1.54, 1.807) is 0 Å². The van der Waals surface area contributed by atoms with Crippen LogP contribution in [0.25, 0.3) is 0 Å². The maximum Gasteiger partial charge on any atom is 0.220 e. The van der Waals surface area contributed by atoms with E-state index in [0.29, 0.717) is 38.4 Å². The molecule has 1 amide bonds. The first kappa shape index (κ1) is 14.4. The summed E-state index contributed by atoms with van der Waals surface area (Å²) in [4.78, 5) is 11.3. The van der Waals surface area contributed by atoms with Crippen LogP contribution in [-0.2, 0) is 14.8 Å². The molecule has 6 nitrogen and oxygen atoms in total. The van der Waals surface area contributed by atoms with Crippen LogP contribution in [0.2, 0.25) is 0 Å². The first-order chi connectivity index (χ1) is 8.03. The predicted molar refractivity (Wildman–Crippen MR) is 65.9 cm³/mol. The quantitative estimate of drug-likeness (QED) is 0.479. The monoisotopic (exact) mass is 263 g/mol. The summed E-state index contributed by atoms with van der Waals surface area (Å²) in [6, 6.07) is 0.365. The number of carbonyl (C=O) groups excluding carboxylic acids is 1. The van der Waals surface area contributed by atoms with E-state index in [1.165, 1.54) is 0 Å². The molecular weight excluding hydrogens is 242 g/mol. The number of nitrogens with one attached hydrogen (secondary N) is 2. The summed E-state index contributed by atoms with van der Waals surface area (Å²) in [6.45, 7) is 0.676. The Morgan fingerprint density at radius 3 is 2.59 bits per heavy atom. The van der Waals surface area contributed by atoms with Crippen LogP contribution in [0.3, 0.4) is 0 Å². The molecule has 0 saturated heterocycles. The number of hydrogen-bond acceptors (Lipinski definition) is 4. The Kier molecular flexibility index (Phi) is 5.87. The van der Waals surface area contributed by atoms with Crippen molar-refractivity contribution in [2.45, 2.75) is 38.1 Å². The van der Waals surface area contributed by atoms with E-state index in [4.69, 9.17) is 5.73 Å². The molecule has 0 aliphatic heterocycles. The minimum atomic E-state index is -3.21. The van der Waals surface area contributed by atoms with Crippen molar-refractivity contribution in [2.24, 2.45) is 5.73 Å². The van der Waals surface area contributed by atoms with E-state index < -0.39 is 10.0 Å². The average Bonchev–Trinajstić information content (AvgIpc) is 3.06. The van der Waals surface area contributed by atoms with Crippen LogP contribution in [0.4, 0.5) is 0 Å². The maximum absolute atomic E-state index is 11.4. The molecule has 0 aromatic heterocycles. The normalized spacial score (nSPS) is 15.8. The number of hydrogen-bond donors (Lipinski definition) is 3. The highest BCUT2D eigenvalue weighted by Gasteiger charge is 2.22. The van der Waals surface area contributed by atoms with Gasteiger partial charge in [-0.3, -0.25) is 4.79 Å². The largest absolute Gasteiger partial charge is 0.353 e. The standard InChI is InChI=1S/C10H21N3O3S/c11-6-2-8-17(15,16)12-7-1-3-10(14)13-9-4-5-9/h9,12H,1-8,11H2,(H,13,14). The third kappa shape index (κ3) is 7.30. The summed E-state index contributed by atoms with van der Waals surface area (Å²) in [5, 5.41) is 2.85. The fraction of sp³-hybridized carbons (Fsp3) is 0.900. The number of nitrogens with two attached hydrogens (primary N) is 1. The van der Waals surface area contributed by atoms with Gasteiger partial charge in [0.1, 0.15) is 0 Å². The minimum Gasteiger partial charge on any atom is -0.353 e. The van der Waals surface area contributed by atoms with Crippen molar-refractivity contribution >= 4 is 15.9 Å². The van der Waals surface area contributed by atoms with Gasteiger partial charge in [-0.1, -0.05) is 0 Å². The van der Waals surface area contributed by atoms with E-state index >= 15 is 0 Å². The lowest BCUT2D eigenvalue weighted by Gasteiger charge is -2.06. The van der Waals surface area contributed by atoms with E-state index in [0.717, 1.165) is 12.8 Å². The number of rotatable bonds is 9. The van der Waals surface area contributed by atoms with Gasteiger partial charge in [0.05, 0.1) is 5.75 Å². The molecule has 1 aliphatic rings. The number of carbonyl (C=O) groups is 1. The van der Waals surface area contributed by atoms with Crippen LogP contribution in [0, 0.1) is 0 Å². The molecule has 0 aromatic carbocycles. The molecule has 0 spiro atoms. The molecule has 1 saturated carbocycles. The average molecular weight is 263 g/mol. The molecule has 0 radical (unpaired) electrons. The molecule has 0 unspecified atom stereocenters. The second-order valence-corrected chi connectivity index (χ2v) is 6.23. The van der Waals surface area contributed by atoms with Gasteiger partial charge >= 0.3 is 0 Å². The van der Waals surface area contributed by atoms with Crippen LogP contribution in [-0.4, -0.2) is 39.2 Å². The molecule has 0 bridgehead atoms. The van der Waals surface area contributed by atoms with Crippen molar-refractivity contribution < 1.29 is 13.2 Å². The van der Waals surface area contributed by atoms with Crippen molar-refractivity contribution in [3.8, 4) is 0 Å². The highest BCUT2D eigenvalue weighted by atomic mass is 32.2. The van der Waals surface area contributed by atoms with E-state index in [1.807, 2.05) is 0 Å². The third-order valence-corrected chi connectivity index (χ3v) is 3.93. The van der Waals surface area contributed by atoms with Gasteiger partial charge in [0.25, 0.3) is 0 Å². The Morgan fingerprint density at radius 2 is 2.00 bits per heavy atom. The van der Waals surface area contributed by atoms with Gasteiger partial charge in [0.15, 0.2) is 0 Å². The lowest BCUT2D eigenvalue weighted by atomic mass is 10.3. The first-order valence-corrected chi connectivity index (χ1v) is 7.65. The second-order valence-electron chi connectivity index (χ2n) is 4.30. The van der Waals surface area contributed by atoms with Gasteiger partial charge in [-0.2, -0.15) is 0 Å². The van der Waals surface area contributed by atoms with Crippen LogP contribution in [0.5, 0.6) is 0 Å². The molecule has 100 valence electrons. The molecule has 0 atom stereocenters. The zero-order chi connectivity index (χ0) is 12.7. The Bertz CT molecular complexity index is 339. The van der Waals surface area contributed by atoms with Crippen LogP contribution >= 0.6 is 0 Å². The van der Waals surface area contributed by atoms with Crippen molar-refractivity contribution in [2.75, 3.05) is 18.8 Å². The lowest BCUT2D eigenvalue weighted by molar-refractivity contribution is -0.121. The van der Waals surface area contributed by atoms with Gasteiger partial charge in [0, 0.05) is 19.0 Å². The fourth-order valence-corrected chi connectivity index (χ4v) is 2.50. The van der Waals surface area contributed by atoms with Gasteiger partial charge < -0.3 is 11.1 Å². The summed E-state index contributed by atoms with van der Waals surface area (Å²) in [5.74, 6) is 0.0614. The Hall–Kier alpha value is -0.660. The topological polar surface area (TPSA) is 101 Å². The van der Waals surface area contributed by atoms with Gasteiger partial charge in [-0.05, 0) is 32.2 Å². The first-order valence-electron chi connectivity index (χ1n) is 6.00. The number of sulfonamides is 1. The van der Waals surface area contributed by atoms with Crippen molar-refractivity contribution in [1.29, 1.82) is 0 Å². The minimum absolute atomic E-state index is 0.00801. The molecule has 4 N–H and O–H groups in total. The SMILES string of the molecule is NCCCS(=O)(=O)NCCCC(=O)NC1CC1. The van der Waals surface area contributed by atoms with Crippen LogP contribution < -0.4 is 15.8 Å². The predicted octanol–water partition coefficient (Wildman–Crippen LogP) is -0.687. The van der Waals surface area contributed by atoms with E-state index in [-0.39, 0.29) is 11.7 Å². The number of amides is 1. The summed E-state index contributed by atoms with van der Waals surface area (Å²) >= 11 is 0. The molecule has 1 aliphatic carbocycles. The van der Waals surface area contributed by atoms with E-state index in [2.05, 4.69) is 10.0 Å². The Labute approximate surface area is 102 Å². The molecular formula is C10H21N3O3S. The van der Waals surface area contributed by atoms with Gasteiger partial charge in [-0.15, -0.1) is 0 Å². The van der Waals surface area contributed by atoms with Crippen molar-refractivity contribution in [3.63, 3.8) is 0 Å². The molecule has 1 fully saturated rings. The smallest absolute Gasteiger partial charge is 0.220 e.